The first-order valence-corrected chi connectivity index (χ1v) is 7.76. The first kappa shape index (κ1) is 13.6. The molecule has 1 aromatic rings. The summed E-state index contributed by atoms with van der Waals surface area (Å²) in [7, 11) is 0. The molecule has 3 rings (SSSR count). The maximum absolute atomic E-state index is 12.8. The Kier molecular flexibility index (Phi) is 3.55. The monoisotopic (exact) mass is 272 g/mol. The van der Waals surface area contributed by atoms with Gasteiger partial charge in [0.2, 0.25) is 5.91 Å². The van der Waals surface area contributed by atoms with Crippen molar-refractivity contribution in [3.05, 3.63) is 35.9 Å². The summed E-state index contributed by atoms with van der Waals surface area (Å²) in [5.74, 6) is 1.32. The molecule has 2 fully saturated rings. The molecule has 1 saturated carbocycles. The molecule has 1 amide bonds. The minimum atomic E-state index is -0.0296. The molecular weight excluding hydrogens is 248 g/mol. The van der Waals surface area contributed by atoms with Crippen molar-refractivity contribution in [1.82, 2.24) is 10.2 Å². The van der Waals surface area contributed by atoms with Crippen molar-refractivity contribution in [2.75, 3.05) is 0 Å². The van der Waals surface area contributed by atoms with E-state index in [2.05, 4.69) is 43.1 Å². The van der Waals surface area contributed by atoms with E-state index in [1.54, 1.807) is 0 Å². The molecule has 0 bridgehead atoms. The van der Waals surface area contributed by atoms with E-state index in [-0.39, 0.29) is 12.2 Å². The molecule has 20 heavy (non-hydrogen) atoms. The van der Waals surface area contributed by atoms with Gasteiger partial charge in [-0.05, 0) is 23.8 Å². The van der Waals surface area contributed by atoms with Gasteiger partial charge < -0.3 is 4.90 Å². The van der Waals surface area contributed by atoms with Crippen molar-refractivity contribution in [1.29, 1.82) is 0 Å². The lowest BCUT2D eigenvalue weighted by molar-refractivity contribution is -0.131. The molecule has 1 aliphatic heterocycles. The van der Waals surface area contributed by atoms with Crippen molar-refractivity contribution >= 4 is 5.91 Å². The molecular formula is C17H24N2O. The number of benzene rings is 1. The Morgan fingerprint density at radius 2 is 2.00 bits per heavy atom. The minimum absolute atomic E-state index is 0.0296. The highest BCUT2D eigenvalue weighted by Crippen LogP contribution is 2.42. The van der Waals surface area contributed by atoms with E-state index in [9.17, 15) is 4.79 Å². The highest BCUT2D eigenvalue weighted by atomic mass is 16.2. The fourth-order valence-corrected chi connectivity index (χ4v) is 3.19. The first-order valence-electron chi connectivity index (χ1n) is 7.76. The summed E-state index contributed by atoms with van der Waals surface area (Å²) in [6.45, 7) is 6.55. The summed E-state index contributed by atoms with van der Waals surface area (Å²) in [4.78, 5) is 14.9. The van der Waals surface area contributed by atoms with E-state index < -0.39 is 0 Å². The van der Waals surface area contributed by atoms with Gasteiger partial charge in [0.05, 0.1) is 6.04 Å². The normalized spacial score (nSPS) is 34.4. The van der Waals surface area contributed by atoms with Crippen LogP contribution in [-0.2, 0) is 4.79 Å². The second-order valence-electron chi connectivity index (χ2n) is 6.37. The number of nitrogens with zero attached hydrogens (tertiary/aromatic N) is 1. The first-order chi connectivity index (χ1) is 9.63. The Hall–Kier alpha value is -1.35. The summed E-state index contributed by atoms with van der Waals surface area (Å²) in [5.41, 5.74) is 1.20. The zero-order valence-electron chi connectivity index (χ0n) is 12.5. The van der Waals surface area contributed by atoms with Crippen LogP contribution in [0.15, 0.2) is 30.3 Å². The second-order valence-corrected chi connectivity index (χ2v) is 6.37. The predicted molar refractivity (Wildman–Crippen MR) is 80.0 cm³/mol. The number of hydrogen-bond acceptors (Lipinski definition) is 2. The zero-order chi connectivity index (χ0) is 14.3. The van der Waals surface area contributed by atoms with Crippen molar-refractivity contribution in [2.45, 2.75) is 51.9 Å². The molecule has 5 atom stereocenters. The predicted octanol–water partition coefficient (Wildman–Crippen LogP) is 2.94. The molecule has 0 spiro atoms. The Balaban J connectivity index is 1.89. The molecule has 2 aliphatic rings. The summed E-state index contributed by atoms with van der Waals surface area (Å²) >= 11 is 0. The van der Waals surface area contributed by atoms with Gasteiger partial charge in [-0.25, -0.2) is 0 Å². The maximum Gasteiger partial charge on any atom is 0.241 e. The molecule has 1 aliphatic carbocycles. The van der Waals surface area contributed by atoms with Crippen LogP contribution in [0, 0.1) is 11.8 Å². The fourth-order valence-electron chi connectivity index (χ4n) is 3.19. The van der Waals surface area contributed by atoms with Crippen molar-refractivity contribution in [3.63, 3.8) is 0 Å². The van der Waals surface area contributed by atoms with Crippen LogP contribution in [-0.4, -0.2) is 22.9 Å². The highest BCUT2D eigenvalue weighted by Gasteiger charge is 2.51. The number of amides is 1. The smallest absolute Gasteiger partial charge is 0.241 e. The van der Waals surface area contributed by atoms with Crippen LogP contribution >= 0.6 is 0 Å². The standard InChI is InChI=1S/C17H24N2O/c1-4-11(2)15-17(20)19(14-10-12(14)3)16(18-15)13-8-6-5-7-9-13/h5-9,11-12,14-16,18H,4,10H2,1-3H3. The lowest BCUT2D eigenvalue weighted by atomic mass is 9.99. The van der Waals surface area contributed by atoms with E-state index in [1.807, 2.05) is 18.2 Å². The molecule has 0 aromatic heterocycles. The van der Waals surface area contributed by atoms with E-state index in [0.29, 0.717) is 23.8 Å². The van der Waals surface area contributed by atoms with E-state index >= 15 is 0 Å². The number of rotatable bonds is 4. The Bertz CT molecular complexity index is 487. The maximum atomic E-state index is 12.8. The number of hydrogen-bond donors (Lipinski definition) is 1. The third-order valence-corrected chi connectivity index (χ3v) is 4.89. The topological polar surface area (TPSA) is 32.3 Å². The summed E-state index contributed by atoms with van der Waals surface area (Å²) in [5, 5.41) is 3.58. The summed E-state index contributed by atoms with van der Waals surface area (Å²) in [6.07, 6.45) is 2.22. The van der Waals surface area contributed by atoms with Crippen molar-refractivity contribution < 1.29 is 4.79 Å². The van der Waals surface area contributed by atoms with Gasteiger partial charge in [0.25, 0.3) is 0 Å². The van der Waals surface area contributed by atoms with Crippen LogP contribution in [0.3, 0.4) is 0 Å². The van der Waals surface area contributed by atoms with Gasteiger partial charge in [-0.1, -0.05) is 57.5 Å². The van der Waals surface area contributed by atoms with Gasteiger partial charge in [0, 0.05) is 6.04 Å². The van der Waals surface area contributed by atoms with E-state index in [1.165, 1.54) is 5.56 Å². The van der Waals surface area contributed by atoms with Crippen LogP contribution in [0.1, 0.15) is 45.3 Å². The summed E-state index contributed by atoms with van der Waals surface area (Å²) in [6, 6.07) is 10.7. The van der Waals surface area contributed by atoms with Gasteiger partial charge in [0.15, 0.2) is 0 Å². The average Bonchev–Trinajstić information content (AvgIpc) is 3.08. The molecule has 108 valence electrons. The molecule has 1 heterocycles. The fraction of sp³-hybridized carbons (Fsp3) is 0.588. The Labute approximate surface area is 121 Å². The third kappa shape index (κ3) is 2.24. The number of carbonyl (C=O) groups excluding carboxylic acids is 1. The van der Waals surface area contributed by atoms with Crippen LogP contribution in [0.25, 0.3) is 0 Å². The molecule has 1 N–H and O–H groups in total. The molecule has 1 aromatic carbocycles. The number of nitrogens with one attached hydrogen (secondary N) is 1. The quantitative estimate of drug-likeness (QED) is 0.914. The second kappa shape index (κ2) is 5.21. The number of carbonyl (C=O) groups is 1. The molecule has 1 saturated heterocycles. The SMILES string of the molecule is CCC(C)C1NC(c2ccccc2)N(C2CC2C)C1=O. The third-order valence-electron chi connectivity index (χ3n) is 4.89. The average molecular weight is 272 g/mol. The van der Waals surface area contributed by atoms with E-state index in [0.717, 1.165) is 12.8 Å². The summed E-state index contributed by atoms with van der Waals surface area (Å²) < 4.78 is 0. The van der Waals surface area contributed by atoms with Crippen LogP contribution in [0.2, 0.25) is 0 Å². The highest BCUT2D eigenvalue weighted by molar-refractivity contribution is 5.85. The van der Waals surface area contributed by atoms with Gasteiger partial charge in [-0.2, -0.15) is 0 Å². The van der Waals surface area contributed by atoms with Gasteiger partial charge in [0.1, 0.15) is 6.17 Å². The molecule has 3 heteroatoms. The van der Waals surface area contributed by atoms with E-state index in [4.69, 9.17) is 0 Å². The molecule has 5 unspecified atom stereocenters. The molecule has 0 radical (unpaired) electrons. The van der Waals surface area contributed by atoms with Gasteiger partial charge in [-0.15, -0.1) is 0 Å². The van der Waals surface area contributed by atoms with Gasteiger partial charge >= 0.3 is 0 Å². The zero-order valence-corrected chi connectivity index (χ0v) is 12.5. The Morgan fingerprint density at radius 1 is 1.35 bits per heavy atom. The van der Waals surface area contributed by atoms with Crippen LogP contribution in [0.5, 0.6) is 0 Å². The lowest BCUT2D eigenvalue weighted by Crippen LogP contribution is -2.36. The van der Waals surface area contributed by atoms with Crippen molar-refractivity contribution in [3.8, 4) is 0 Å². The van der Waals surface area contributed by atoms with Crippen LogP contribution < -0.4 is 5.32 Å². The van der Waals surface area contributed by atoms with Crippen LogP contribution in [0.4, 0.5) is 0 Å². The minimum Gasteiger partial charge on any atom is -0.318 e. The molecule has 3 nitrogen and oxygen atoms in total. The largest absolute Gasteiger partial charge is 0.318 e. The van der Waals surface area contributed by atoms with Crippen molar-refractivity contribution in [2.24, 2.45) is 11.8 Å². The lowest BCUT2D eigenvalue weighted by Gasteiger charge is -2.24. The Morgan fingerprint density at radius 3 is 2.55 bits per heavy atom. The van der Waals surface area contributed by atoms with Gasteiger partial charge in [-0.3, -0.25) is 10.1 Å².